The van der Waals surface area contributed by atoms with Gasteiger partial charge in [0, 0.05) is 17.7 Å². The van der Waals surface area contributed by atoms with E-state index in [2.05, 4.69) is 10.7 Å². The number of rotatable bonds is 4. The molecule has 0 aromatic heterocycles. The van der Waals surface area contributed by atoms with Crippen molar-refractivity contribution >= 4 is 11.6 Å². The fourth-order valence-electron chi connectivity index (χ4n) is 1.92. The Labute approximate surface area is 120 Å². The molecular weight excluding hydrogens is 276 g/mol. The summed E-state index contributed by atoms with van der Waals surface area (Å²) in [6.45, 7) is 1.72. The maximum absolute atomic E-state index is 13.4. The van der Waals surface area contributed by atoms with Gasteiger partial charge in [0.05, 0.1) is 5.69 Å². The van der Waals surface area contributed by atoms with Crippen molar-refractivity contribution < 1.29 is 13.6 Å². The molecule has 0 aliphatic carbocycles. The van der Waals surface area contributed by atoms with E-state index >= 15 is 0 Å². The Kier molecular flexibility index (Phi) is 4.49. The van der Waals surface area contributed by atoms with Gasteiger partial charge in [-0.25, -0.2) is 8.78 Å². The minimum atomic E-state index is -0.560. The van der Waals surface area contributed by atoms with Crippen molar-refractivity contribution in [1.82, 2.24) is 5.32 Å². The number of carbonyl (C=O) groups excluding carboxylic acids is 1. The van der Waals surface area contributed by atoms with Crippen molar-refractivity contribution in [2.45, 2.75) is 13.5 Å². The normalized spacial score (nSPS) is 10.3. The third kappa shape index (κ3) is 3.55. The smallest absolute Gasteiger partial charge is 0.251 e. The quantitative estimate of drug-likeness (QED) is 0.599. The molecule has 4 nitrogen and oxygen atoms in total. The Morgan fingerprint density at radius 1 is 1.19 bits per heavy atom. The van der Waals surface area contributed by atoms with Gasteiger partial charge in [0.15, 0.2) is 0 Å². The molecule has 0 saturated carbocycles. The summed E-state index contributed by atoms with van der Waals surface area (Å²) in [6.07, 6.45) is 0. The lowest BCUT2D eigenvalue weighted by Crippen LogP contribution is -2.23. The Hall–Kier alpha value is -2.47. The van der Waals surface area contributed by atoms with E-state index in [4.69, 9.17) is 5.84 Å². The molecule has 4 N–H and O–H groups in total. The van der Waals surface area contributed by atoms with Gasteiger partial charge >= 0.3 is 0 Å². The summed E-state index contributed by atoms with van der Waals surface area (Å²) in [6, 6.07) is 8.05. The summed E-state index contributed by atoms with van der Waals surface area (Å²) in [4.78, 5) is 12.0. The number of hydrogen-bond donors (Lipinski definition) is 3. The zero-order valence-corrected chi connectivity index (χ0v) is 11.4. The number of aryl methyl sites for hydroxylation is 1. The highest BCUT2D eigenvalue weighted by atomic mass is 19.1. The first-order valence-corrected chi connectivity index (χ1v) is 6.30. The number of benzene rings is 2. The van der Waals surface area contributed by atoms with Gasteiger partial charge in [-0.15, -0.1) is 0 Å². The van der Waals surface area contributed by atoms with Crippen LogP contribution in [0.1, 0.15) is 21.5 Å². The van der Waals surface area contributed by atoms with Crippen LogP contribution in [-0.4, -0.2) is 5.91 Å². The molecule has 0 fully saturated rings. The average Bonchev–Trinajstić information content (AvgIpc) is 2.47. The summed E-state index contributed by atoms with van der Waals surface area (Å²) < 4.78 is 26.5. The van der Waals surface area contributed by atoms with Gasteiger partial charge < -0.3 is 10.7 Å². The molecule has 0 aliphatic heterocycles. The van der Waals surface area contributed by atoms with E-state index in [1.54, 1.807) is 25.1 Å². The van der Waals surface area contributed by atoms with Gasteiger partial charge in [-0.2, -0.15) is 0 Å². The first-order chi connectivity index (χ1) is 10.0. The zero-order valence-electron chi connectivity index (χ0n) is 11.4. The molecule has 1 amide bonds. The van der Waals surface area contributed by atoms with Gasteiger partial charge in [-0.1, -0.05) is 0 Å². The lowest BCUT2D eigenvalue weighted by atomic mass is 10.1. The summed E-state index contributed by atoms with van der Waals surface area (Å²) in [5, 5.41) is 2.55. The third-order valence-electron chi connectivity index (χ3n) is 3.09. The highest BCUT2D eigenvalue weighted by Crippen LogP contribution is 2.15. The average molecular weight is 291 g/mol. The van der Waals surface area contributed by atoms with Gasteiger partial charge in [-0.05, 0) is 48.9 Å². The number of anilines is 1. The van der Waals surface area contributed by atoms with Gasteiger partial charge in [0.2, 0.25) is 0 Å². The first-order valence-electron chi connectivity index (χ1n) is 6.30. The zero-order chi connectivity index (χ0) is 15.4. The Balaban J connectivity index is 2.08. The fourth-order valence-corrected chi connectivity index (χ4v) is 1.92. The number of hydrazine groups is 1. The van der Waals surface area contributed by atoms with E-state index in [1.807, 2.05) is 0 Å². The van der Waals surface area contributed by atoms with E-state index < -0.39 is 11.6 Å². The lowest BCUT2D eigenvalue weighted by molar-refractivity contribution is 0.0950. The second-order valence-electron chi connectivity index (χ2n) is 4.59. The molecule has 0 saturated heterocycles. The van der Waals surface area contributed by atoms with E-state index in [1.165, 1.54) is 0 Å². The van der Waals surface area contributed by atoms with Crippen LogP contribution >= 0.6 is 0 Å². The second-order valence-corrected chi connectivity index (χ2v) is 4.59. The predicted octanol–water partition coefficient (Wildman–Crippen LogP) is 2.49. The van der Waals surface area contributed by atoms with Gasteiger partial charge in [0.25, 0.3) is 5.91 Å². The Bertz CT molecular complexity index is 674. The van der Waals surface area contributed by atoms with Gasteiger partial charge in [0.1, 0.15) is 11.6 Å². The van der Waals surface area contributed by atoms with Crippen molar-refractivity contribution in [3.05, 3.63) is 64.7 Å². The SMILES string of the molecule is Cc1cc(C(=O)NCc2cc(F)ccc2F)ccc1NN. The minimum absolute atomic E-state index is 0.0850. The van der Waals surface area contributed by atoms with Crippen LogP contribution in [0.5, 0.6) is 0 Å². The number of hydrogen-bond acceptors (Lipinski definition) is 3. The van der Waals surface area contributed by atoms with Crippen LogP contribution in [0.25, 0.3) is 0 Å². The van der Waals surface area contributed by atoms with Crippen molar-refractivity contribution in [3.8, 4) is 0 Å². The van der Waals surface area contributed by atoms with Crippen LogP contribution < -0.4 is 16.6 Å². The van der Waals surface area contributed by atoms with Crippen molar-refractivity contribution in [2.24, 2.45) is 5.84 Å². The molecule has 21 heavy (non-hydrogen) atoms. The number of amides is 1. The summed E-state index contributed by atoms with van der Waals surface area (Å²) in [5.74, 6) is 3.84. The molecule has 110 valence electrons. The molecule has 0 spiro atoms. The number of nitrogen functional groups attached to an aromatic ring is 1. The summed E-state index contributed by atoms with van der Waals surface area (Å²) in [5.41, 5.74) is 4.55. The van der Waals surface area contributed by atoms with Crippen molar-refractivity contribution in [2.75, 3.05) is 5.43 Å². The summed E-state index contributed by atoms with van der Waals surface area (Å²) >= 11 is 0. The van der Waals surface area contributed by atoms with Crippen LogP contribution in [0, 0.1) is 18.6 Å². The maximum Gasteiger partial charge on any atom is 0.251 e. The molecule has 0 radical (unpaired) electrons. The maximum atomic E-state index is 13.4. The van der Waals surface area contributed by atoms with Crippen LogP contribution in [-0.2, 0) is 6.54 Å². The van der Waals surface area contributed by atoms with Crippen LogP contribution in [0.4, 0.5) is 14.5 Å². The lowest BCUT2D eigenvalue weighted by Gasteiger charge is -2.09. The molecule has 2 aromatic carbocycles. The van der Waals surface area contributed by atoms with E-state index in [0.717, 1.165) is 23.8 Å². The highest BCUT2D eigenvalue weighted by Gasteiger charge is 2.09. The Morgan fingerprint density at radius 2 is 1.95 bits per heavy atom. The van der Waals surface area contributed by atoms with Crippen LogP contribution in [0.2, 0.25) is 0 Å². The molecule has 6 heteroatoms. The number of nitrogens with two attached hydrogens (primary N) is 1. The topological polar surface area (TPSA) is 67.2 Å². The van der Waals surface area contributed by atoms with E-state index in [0.29, 0.717) is 11.3 Å². The largest absolute Gasteiger partial charge is 0.348 e. The molecule has 0 aliphatic rings. The highest BCUT2D eigenvalue weighted by molar-refractivity contribution is 5.94. The summed E-state index contributed by atoms with van der Waals surface area (Å²) in [7, 11) is 0. The molecule has 2 rings (SSSR count). The fraction of sp³-hybridized carbons (Fsp3) is 0.133. The monoisotopic (exact) mass is 291 g/mol. The van der Waals surface area contributed by atoms with E-state index in [-0.39, 0.29) is 18.0 Å². The van der Waals surface area contributed by atoms with Crippen molar-refractivity contribution in [1.29, 1.82) is 0 Å². The molecule has 0 heterocycles. The third-order valence-corrected chi connectivity index (χ3v) is 3.09. The molecule has 0 atom stereocenters. The molecule has 2 aromatic rings. The van der Waals surface area contributed by atoms with Crippen LogP contribution in [0.15, 0.2) is 36.4 Å². The number of nitrogens with one attached hydrogen (secondary N) is 2. The minimum Gasteiger partial charge on any atom is -0.348 e. The predicted molar refractivity (Wildman–Crippen MR) is 76.5 cm³/mol. The second kappa shape index (κ2) is 6.32. The number of halogens is 2. The van der Waals surface area contributed by atoms with E-state index in [9.17, 15) is 13.6 Å². The first kappa shape index (κ1) is 14.9. The molecule has 0 unspecified atom stereocenters. The number of carbonyl (C=O) groups is 1. The standard InChI is InChI=1S/C15H15F2N3O/c1-9-6-10(2-5-14(9)20-18)15(21)19-8-11-7-12(16)3-4-13(11)17/h2-7,20H,8,18H2,1H3,(H,19,21). The van der Waals surface area contributed by atoms with Crippen LogP contribution in [0.3, 0.4) is 0 Å². The Morgan fingerprint density at radius 3 is 2.62 bits per heavy atom. The molecule has 0 bridgehead atoms. The van der Waals surface area contributed by atoms with Crippen molar-refractivity contribution in [3.63, 3.8) is 0 Å². The van der Waals surface area contributed by atoms with Gasteiger partial charge in [-0.3, -0.25) is 10.6 Å². The molecular formula is C15H15F2N3O.